The van der Waals surface area contributed by atoms with Crippen LogP contribution in [0.3, 0.4) is 0 Å². The molecule has 0 N–H and O–H groups in total. The second-order valence-electron chi connectivity index (χ2n) is 9.24. The van der Waals surface area contributed by atoms with Gasteiger partial charge in [0, 0.05) is 30.9 Å². The smallest absolute Gasteiger partial charge is 0.416 e. The van der Waals surface area contributed by atoms with Crippen LogP contribution in [0.4, 0.5) is 23.8 Å². The minimum Gasteiger partial charge on any atom is -0.473 e. The SMILES string of the molecule is CC(C)(C)OC(=O)N1CCn2c1cc(OCc1cnc(Oc3cccc(C(F)(F)F)c3)c(C#N)c1)nc2=O. The summed E-state index contributed by atoms with van der Waals surface area (Å²) < 4.78 is 56.6. The van der Waals surface area contributed by atoms with Crippen LogP contribution < -0.4 is 20.1 Å². The second-order valence-corrected chi connectivity index (χ2v) is 9.24. The van der Waals surface area contributed by atoms with Gasteiger partial charge in [-0.25, -0.2) is 14.6 Å². The van der Waals surface area contributed by atoms with Crippen LogP contribution in [0.2, 0.25) is 0 Å². The number of halogens is 3. The molecule has 38 heavy (non-hydrogen) atoms. The lowest BCUT2D eigenvalue weighted by Crippen LogP contribution is -2.36. The highest BCUT2D eigenvalue weighted by Gasteiger charge is 2.32. The van der Waals surface area contributed by atoms with E-state index in [1.807, 2.05) is 6.07 Å². The van der Waals surface area contributed by atoms with E-state index in [0.29, 0.717) is 5.56 Å². The van der Waals surface area contributed by atoms with Gasteiger partial charge < -0.3 is 14.2 Å². The average molecular weight is 529 g/mol. The summed E-state index contributed by atoms with van der Waals surface area (Å²) in [7, 11) is 0. The Morgan fingerprint density at radius 2 is 1.92 bits per heavy atom. The summed E-state index contributed by atoms with van der Waals surface area (Å²) >= 11 is 0. The van der Waals surface area contributed by atoms with Crippen molar-refractivity contribution in [3.05, 3.63) is 69.8 Å². The number of nitrogens with zero attached hydrogens (tertiary/aromatic N) is 5. The number of nitriles is 1. The predicted molar refractivity (Wildman–Crippen MR) is 127 cm³/mol. The number of hydrogen-bond donors (Lipinski definition) is 0. The Bertz CT molecular complexity index is 1470. The Balaban J connectivity index is 1.49. The van der Waals surface area contributed by atoms with E-state index in [-0.39, 0.29) is 48.6 Å². The highest BCUT2D eigenvalue weighted by Crippen LogP contribution is 2.33. The number of aromatic nitrogens is 3. The summed E-state index contributed by atoms with van der Waals surface area (Å²) in [5, 5.41) is 9.50. The first-order valence-corrected chi connectivity index (χ1v) is 11.3. The van der Waals surface area contributed by atoms with Gasteiger partial charge in [-0.05, 0) is 45.0 Å². The molecule has 0 aliphatic carbocycles. The molecule has 1 aliphatic heterocycles. The number of alkyl halides is 3. The summed E-state index contributed by atoms with van der Waals surface area (Å²) in [5.41, 5.74) is -1.86. The molecule has 0 bridgehead atoms. The Morgan fingerprint density at radius 1 is 1.16 bits per heavy atom. The van der Waals surface area contributed by atoms with E-state index >= 15 is 0 Å². The molecule has 13 heteroatoms. The molecular weight excluding hydrogens is 507 g/mol. The first-order chi connectivity index (χ1) is 17.8. The van der Waals surface area contributed by atoms with Gasteiger partial charge in [0.1, 0.15) is 35.4 Å². The molecule has 10 nitrogen and oxygen atoms in total. The summed E-state index contributed by atoms with van der Waals surface area (Å²) in [6, 6.07) is 8.91. The molecule has 0 spiro atoms. The van der Waals surface area contributed by atoms with Crippen LogP contribution in [0.1, 0.15) is 37.5 Å². The molecule has 0 fully saturated rings. The van der Waals surface area contributed by atoms with Gasteiger partial charge in [0.05, 0.1) is 5.56 Å². The van der Waals surface area contributed by atoms with Gasteiger partial charge in [-0.2, -0.15) is 23.4 Å². The van der Waals surface area contributed by atoms with Crippen LogP contribution in [0.5, 0.6) is 17.5 Å². The van der Waals surface area contributed by atoms with Crippen molar-refractivity contribution in [2.75, 3.05) is 11.4 Å². The Morgan fingerprint density at radius 3 is 2.61 bits per heavy atom. The molecule has 1 aliphatic rings. The molecule has 2 aromatic heterocycles. The molecule has 0 radical (unpaired) electrons. The third-order valence-corrected chi connectivity index (χ3v) is 5.19. The zero-order valence-corrected chi connectivity index (χ0v) is 20.6. The normalized spacial score (nSPS) is 13.0. The molecule has 0 saturated carbocycles. The quantitative estimate of drug-likeness (QED) is 0.468. The van der Waals surface area contributed by atoms with E-state index in [0.717, 1.165) is 12.1 Å². The van der Waals surface area contributed by atoms with E-state index < -0.39 is 29.1 Å². The van der Waals surface area contributed by atoms with Crippen LogP contribution in [0.25, 0.3) is 0 Å². The molecule has 3 aromatic rings. The van der Waals surface area contributed by atoms with Gasteiger partial charge in [-0.15, -0.1) is 0 Å². The largest absolute Gasteiger partial charge is 0.473 e. The van der Waals surface area contributed by atoms with E-state index in [1.165, 1.54) is 39.9 Å². The van der Waals surface area contributed by atoms with Gasteiger partial charge in [0.25, 0.3) is 0 Å². The van der Waals surface area contributed by atoms with Crippen molar-refractivity contribution in [1.29, 1.82) is 5.26 Å². The van der Waals surface area contributed by atoms with Crippen molar-refractivity contribution in [3.8, 4) is 23.6 Å². The van der Waals surface area contributed by atoms with Crippen molar-refractivity contribution < 1.29 is 32.2 Å². The van der Waals surface area contributed by atoms with Gasteiger partial charge in [0.2, 0.25) is 11.8 Å². The first kappa shape index (κ1) is 26.5. The molecule has 3 heterocycles. The number of benzene rings is 1. The van der Waals surface area contributed by atoms with Crippen LogP contribution in [0, 0.1) is 11.3 Å². The topological polar surface area (TPSA) is 120 Å². The minimum atomic E-state index is -4.55. The summed E-state index contributed by atoms with van der Waals surface area (Å²) in [6.07, 6.45) is -3.85. The van der Waals surface area contributed by atoms with Crippen LogP contribution in [-0.2, 0) is 24.1 Å². The number of rotatable bonds is 5. The monoisotopic (exact) mass is 529 g/mol. The van der Waals surface area contributed by atoms with Gasteiger partial charge in [-0.1, -0.05) is 6.07 Å². The maximum absolute atomic E-state index is 13.0. The molecular formula is C25H22F3N5O5. The molecule has 0 atom stereocenters. The number of carbonyl (C=O) groups is 1. The van der Waals surface area contributed by atoms with Crippen LogP contribution in [0.15, 0.2) is 47.4 Å². The maximum atomic E-state index is 13.0. The number of hydrogen-bond acceptors (Lipinski definition) is 8. The zero-order valence-electron chi connectivity index (χ0n) is 20.6. The number of pyridine rings is 1. The van der Waals surface area contributed by atoms with Crippen molar-refractivity contribution in [1.82, 2.24) is 14.5 Å². The molecule has 0 saturated heterocycles. The lowest BCUT2D eigenvalue weighted by Gasteiger charge is -2.24. The van der Waals surface area contributed by atoms with Crippen LogP contribution in [-0.4, -0.2) is 32.8 Å². The fourth-order valence-corrected chi connectivity index (χ4v) is 3.54. The number of amides is 1. The first-order valence-electron chi connectivity index (χ1n) is 11.3. The molecule has 0 unspecified atom stereocenters. The third-order valence-electron chi connectivity index (χ3n) is 5.19. The lowest BCUT2D eigenvalue weighted by atomic mass is 10.2. The Labute approximate surface area is 214 Å². The van der Waals surface area contributed by atoms with Crippen molar-refractivity contribution >= 4 is 11.9 Å². The average Bonchev–Trinajstić information content (AvgIpc) is 3.27. The van der Waals surface area contributed by atoms with E-state index in [4.69, 9.17) is 14.2 Å². The summed E-state index contributed by atoms with van der Waals surface area (Å²) in [6.45, 7) is 5.53. The number of carbonyl (C=O) groups excluding carboxylic acids is 1. The molecule has 4 rings (SSSR count). The summed E-state index contributed by atoms with van der Waals surface area (Å²) in [5.74, 6) is -0.0999. The molecule has 198 valence electrons. The zero-order chi connectivity index (χ0) is 27.7. The lowest BCUT2D eigenvalue weighted by molar-refractivity contribution is -0.137. The molecule has 1 aromatic carbocycles. The number of anilines is 1. The van der Waals surface area contributed by atoms with Crippen molar-refractivity contribution in [2.24, 2.45) is 0 Å². The van der Waals surface area contributed by atoms with Gasteiger partial charge >= 0.3 is 18.0 Å². The number of fused-ring (bicyclic) bond motifs is 1. The third kappa shape index (κ3) is 6.03. The van der Waals surface area contributed by atoms with Gasteiger partial charge in [-0.3, -0.25) is 9.47 Å². The van der Waals surface area contributed by atoms with Crippen molar-refractivity contribution in [3.63, 3.8) is 0 Å². The highest BCUT2D eigenvalue weighted by atomic mass is 19.4. The van der Waals surface area contributed by atoms with Crippen molar-refractivity contribution in [2.45, 2.75) is 45.7 Å². The highest BCUT2D eigenvalue weighted by molar-refractivity contribution is 5.87. The maximum Gasteiger partial charge on any atom is 0.416 e. The number of ether oxygens (including phenoxy) is 3. The van der Waals surface area contributed by atoms with Gasteiger partial charge in [0.15, 0.2) is 0 Å². The van der Waals surface area contributed by atoms with E-state index in [9.17, 15) is 28.0 Å². The molecule has 1 amide bonds. The fraction of sp³-hybridized carbons (Fsp3) is 0.320. The fourth-order valence-electron chi connectivity index (χ4n) is 3.54. The van der Waals surface area contributed by atoms with Crippen LogP contribution >= 0.6 is 0 Å². The minimum absolute atomic E-state index is 0.0402. The second kappa shape index (κ2) is 10.0. The van der Waals surface area contributed by atoms with E-state index in [1.54, 1.807) is 20.8 Å². The summed E-state index contributed by atoms with van der Waals surface area (Å²) in [4.78, 5) is 34.2. The van der Waals surface area contributed by atoms with E-state index in [2.05, 4.69) is 9.97 Å². The Kier molecular flexibility index (Phi) is 6.99. The Hall–Kier alpha value is -4.60. The predicted octanol–water partition coefficient (Wildman–Crippen LogP) is 4.66. The standard InChI is InChI=1S/C25H22F3N5O5/c1-24(2,3)38-23(35)33-8-7-32-20(33)11-19(31-22(32)34)36-14-15-9-16(12-29)21(30-13-15)37-18-6-4-5-17(10-18)25(26,27)28/h4-6,9-11,13H,7-8,14H2,1-3H3.